The third-order valence-electron chi connectivity index (χ3n) is 0.989. The van der Waals surface area contributed by atoms with E-state index in [2.05, 4.69) is 6.42 Å². The van der Waals surface area contributed by atoms with Crippen LogP contribution in [0.5, 0.6) is 0 Å². The molecule has 1 saturated heterocycles. The molecule has 1 rings (SSSR count). The molecule has 0 saturated carbocycles. The predicted octanol–water partition coefficient (Wildman–Crippen LogP) is 0.610. The van der Waals surface area contributed by atoms with Crippen molar-refractivity contribution in [2.75, 3.05) is 11.5 Å². The van der Waals surface area contributed by atoms with Crippen molar-refractivity contribution in [3.63, 3.8) is 0 Å². The van der Waals surface area contributed by atoms with Gasteiger partial charge in [0, 0.05) is 6.42 Å². The molecule has 1 fully saturated rings. The standard InChI is InChI=1S/C5H8OS/c6-7-4-2-1-3-5-7/h1-2,4-5H2. The highest BCUT2D eigenvalue weighted by atomic mass is 32.2. The van der Waals surface area contributed by atoms with Crippen LogP contribution >= 0.6 is 0 Å². The van der Waals surface area contributed by atoms with E-state index in [1.54, 1.807) is 0 Å². The van der Waals surface area contributed by atoms with E-state index in [0.717, 1.165) is 18.6 Å². The van der Waals surface area contributed by atoms with Crippen LogP contribution in [-0.4, -0.2) is 16.1 Å². The molecule has 1 aliphatic heterocycles. The Morgan fingerprint density at radius 3 is 2.71 bits per heavy atom. The smallest absolute Gasteiger partial charge is 0.112 e. The first kappa shape index (κ1) is 5.45. The molecule has 1 nitrogen and oxygen atoms in total. The van der Waals surface area contributed by atoms with Gasteiger partial charge in [-0.3, -0.25) is 0 Å². The van der Waals surface area contributed by atoms with Gasteiger partial charge >= 0.3 is 0 Å². The van der Waals surface area contributed by atoms with Crippen molar-refractivity contribution in [2.24, 2.45) is 0 Å². The molecule has 0 aliphatic carbocycles. The second kappa shape index (κ2) is 2.58. The summed E-state index contributed by atoms with van der Waals surface area (Å²) in [7, 11) is 0. The van der Waals surface area contributed by atoms with E-state index in [-0.39, 0.29) is 0 Å². The van der Waals surface area contributed by atoms with Crippen LogP contribution in [0.15, 0.2) is 0 Å². The minimum Gasteiger partial charge on any atom is -0.616 e. The average Bonchev–Trinajstić information content (AvgIpc) is 1.69. The predicted molar refractivity (Wildman–Crippen MR) is 30.4 cm³/mol. The number of rotatable bonds is 0. The van der Waals surface area contributed by atoms with Crippen LogP contribution in [0.2, 0.25) is 0 Å². The lowest BCUT2D eigenvalue weighted by Gasteiger charge is -2.13. The quantitative estimate of drug-likeness (QED) is 0.425. The van der Waals surface area contributed by atoms with Gasteiger partial charge in [0.1, 0.15) is 11.5 Å². The molecule has 0 aromatic carbocycles. The highest BCUT2D eigenvalue weighted by Gasteiger charge is 2.10. The van der Waals surface area contributed by atoms with E-state index in [1.165, 1.54) is 0 Å². The summed E-state index contributed by atoms with van der Waals surface area (Å²) in [6.45, 7) is 0. The fourth-order valence-electron chi connectivity index (χ4n) is 0.616. The van der Waals surface area contributed by atoms with Gasteiger partial charge in [-0.25, -0.2) is 0 Å². The van der Waals surface area contributed by atoms with Gasteiger partial charge in [-0.05, 0) is 12.8 Å². The van der Waals surface area contributed by atoms with Crippen LogP contribution in [0.3, 0.4) is 0 Å². The van der Waals surface area contributed by atoms with E-state index in [1.807, 2.05) is 0 Å². The van der Waals surface area contributed by atoms with E-state index < -0.39 is 11.2 Å². The molecule has 0 spiro atoms. The lowest BCUT2D eigenvalue weighted by molar-refractivity contribution is 0.587. The summed E-state index contributed by atoms with van der Waals surface area (Å²) in [5, 5.41) is 0. The maximum Gasteiger partial charge on any atom is 0.112 e. The summed E-state index contributed by atoms with van der Waals surface area (Å²) in [4.78, 5) is 0. The molecule has 1 unspecified atom stereocenters. The Balaban J connectivity index is 2.12. The third kappa shape index (κ3) is 1.70. The lowest BCUT2D eigenvalue weighted by Crippen LogP contribution is -2.16. The lowest BCUT2D eigenvalue weighted by atomic mass is 10.3. The molecule has 0 amide bonds. The first-order chi connectivity index (χ1) is 3.39. The molecule has 0 N–H and O–H groups in total. The van der Waals surface area contributed by atoms with Crippen LogP contribution in [0.25, 0.3) is 0 Å². The molecule has 0 bridgehead atoms. The maximum absolute atomic E-state index is 10.5. The van der Waals surface area contributed by atoms with Gasteiger partial charge in [0.2, 0.25) is 0 Å². The number of hydrogen-bond acceptors (Lipinski definition) is 1. The Morgan fingerprint density at radius 1 is 1.57 bits per heavy atom. The molecule has 1 heterocycles. The zero-order valence-corrected chi connectivity index (χ0v) is 4.96. The van der Waals surface area contributed by atoms with Gasteiger partial charge in [-0.15, -0.1) is 0 Å². The molecule has 1 atom stereocenters. The summed E-state index contributed by atoms with van der Waals surface area (Å²) >= 11 is -0.551. The van der Waals surface area contributed by atoms with Gasteiger partial charge < -0.3 is 4.55 Å². The zero-order chi connectivity index (χ0) is 5.11. The molecular weight excluding hydrogens is 108 g/mol. The van der Waals surface area contributed by atoms with E-state index in [0.29, 0.717) is 5.75 Å². The SMILES string of the molecule is [O-][S+]1C[C]CCC1. The highest BCUT2D eigenvalue weighted by molar-refractivity contribution is 7.91. The largest absolute Gasteiger partial charge is 0.616 e. The van der Waals surface area contributed by atoms with Crippen molar-refractivity contribution < 1.29 is 4.55 Å². The summed E-state index contributed by atoms with van der Waals surface area (Å²) in [6, 6.07) is 0. The summed E-state index contributed by atoms with van der Waals surface area (Å²) < 4.78 is 10.5. The van der Waals surface area contributed by atoms with Crippen molar-refractivity contribution >= 4 is 11.2 Å². The Kier molecular flexibility index (Phi) is 2.00. The topological polar surface area (TPSA) is 23.1 Å². The van der Waals surface area contributed by atoms with Gasteiger partial charge in [0.05, 0.1) is 0 Å². The molecule has 7 heavy (non-hydrogen) atoms. The molecule has 0 aromatic rings. The molecular formula is C5H8OS. The first-order valence-electron chi connectivity index (χ1n) is 2.45. The van der Waals surface area contributed by atoms with Crippen LogP contribution in [0, 0.1) is 6.42 Å². The Bertz CT molecular complexity index is 50.0. The minimum atomic E-state index is -0.551. The van der Waals surface area contributed by atoms with E-state index >= 15 is 0 Å². The van der Waals surface area contributed by atoms with Crippen molar-refractivity contribution in [3.8, 4) is 0 Å². The summed E-state index contributed by atoms with van der Waals surface area (Å²) in [6.07, 6.45) is 5.16. The minimum absolute atomic E-state index is 0.551. The van der Waals surface area contributed by atoms with Crippen LogP contribution in [-0.2, 0) is 11.2 Å². The van der Waals surface area contributed by atoms with E-state index in [9.17, 15) is 4.55 Å². The second-order valence-corrected chi connectivity index (χ2v) is 3.22. The van der Waals surface area contributed by atoms with Gasteiger partial charge in [-0.1, -0.05) is 11.2 Å². The Hall–Kier alpha value is 0.310. The van der Waals surface area contributed by atoms with Crippen molar-refractivity contribution in [3.05, 3.63) is 6.42 Å². The highest BCUT2D eigenvalue weighted by Crippen LogP contribution is 2.08. The van der Waals surface area contributed by atoms with Crippen LogP contribution in [0.1, 0.15) is 12.8 Å². The molecule has 1 aliphatic rings. The maximum atomic E-state index is 10.5. The third-order valence-corrected chi connectivity index (χ3v) is 2.26. The van der Waals surface area contributed by atoms with Crippen molar-refractivity contribution in [1.82, 2.24) is 0 Å². The normalized spacial score (nSPS) is 25.3. The number of hydrogen-bond donors (Lipinski definition) is 0. The monoisotopic (exact) mass is 116 g/mol. The zero-order valence-electron chi connectivity index (χ0n) is 4.14. The van der Waals surface area contributed by atoms with Crippen molar-refractivity contribution in [2.45, 2.75) is 12.8 Å². The molecule has 2 radical (unpaired) electrons. The molecule has 40 valence electrons. The Morgan fingerprint density at radius 2 is 2.43 bits per heavy atom. The summed E-state index contributed by atoms with van der Waals surface area (Å²) in [5.74, 6) is 1.60. The average molecular weight is 116 g/mol. The van der Waals surface area contributed by atoms with Crippen LogP contribution in [0.4, 0.5) is 0 Å². The van der Waals surface area contributed by atoms with Gasteiger partial charge in [-0.2, -0.15) is 0 Å². The van der Waals surface area contributed by atoms with E-state index in [4.69, 9.17) is 0 Å². The first-order valence-corrected chi connectivity index (χ1v) is 3.94. The summed E-state index contributed by atoms with van der Waals surface area (Å²) in [5.41, 5.74) is 0. The fourth-order valence-corrected chi connectivity index (χ4v) is 1.60. The molecule has 0 aromatic heterocycles. The van der Waals surface area contributed by atoms with Gasteiger partial charge in [0.25, 0.3) is 0 Å². The van der Waals surface area contributed by atoms with Crippen molar-refractivity contribution in [1.29, 1.82) is 0 Å². The fraction of sp³-hybridized carbons (Fsp3) is 0.800. The Labute approximate surface area is 47.3 Å². The second-order valence-electron chi connectivity index (χ2n) is 1.64. The molecule has 2 heteroatoms. The van der Waals surface area contributed by atoms with Crippen LogP contribution < -0.4 is 0 Å². The van der Waals surface area contributed by atoms with Gasteiger partial charge in [0.15, 0.2) is 0 Å².